The van der Waals surface area contributed by atoms with E-state index in [4.69, 9.17) is 10.2 Å². The van der Waals surface area contributed by atoms with Crippen LogP contribution in [0.2, 0.25) is 0 Å². The lowest BCUT2D eigenvalue weighted by molar-refractivity contribution is 0.612. The molecule has 13 heavy (non-hydrogen) atoms. The van der Waals surface area contributed by atoms with Gasteiger partial charge < -0.3 is 10.2 Å². The van der Waals surface area contributed by atoms with Gasteiger partial charge in [-0.1, -0.05) is 0 Å². The molecular formula is C10H11NOS. The Balaban J connectivity index is 2.58. The van der Waals surface area contributed by atoms with Gasteiger partial charge in [0.25, 0.3) is 0 Å². The molecule has 2 nitrogen and oxygen atoms in total. The van der Waals surface area contributed by atoms with Gasteiger partial charge in [-0.25, -0.2) is 0 Å². The number of furan rings is 1. The minimum Gasteiger partial charge on any atom is -0.464 e. The van der Waals surface area contributed by atoms with Crippen LogP contribution in [0.3, 0.4) is 0 Å². The number of nitrogen functional groups attached to an aromatic ring is 1. The predicted octanol–water partition coefficient (Wildman–Crippen LogP) is 2.88. The van der Waals surface area contributed by atoms with Gasteiger partial charge in [-0.3, -0.25) is 0 Å². The van der Waals surface area contributed by atoms with Gasteiger partial charge in [0.1, 0.15) is 5.58 Å². The number of benzene rings is 1. The zero-order chi connectivity index (χ0) is 9.26. The summed E-state index contributed by atoms with van der Waals surface area (Å²) >= 11 is 1.78. The molecule has 0 fully saturated rings. The van der Waals surface area contributed by atoms with Crippen LogP contribution in [-0.4, -0.2) is 6.26 Å². The second-order valence-electron chi connectivity index (χ2n) is 2.95. The van der Waals surface area contributed by atoms with Crippen LogP contribution in [0.1, 0.15) is 5.56 Å². The van der Waals surface area contributed by atoms with Crippen molar-refractivity contribution >= 4 is 28.4 Å². The third-order valence-corrected chi connectivity index (χ3v) is 2.58. The van der Waals surface area contributed by atoms with Crippen molar-refractivity contribution in [3.63, 3.8) is 0 Å². The number of fused-ring (bicyclic) bond motifs is 1. The van der Waals surface area contributed by atoms with Crippen LogP contribution in [-0.2, 0) is 5.75 Å². The number of nitrogens with two attached hydrogens (primary N) is 1. The summed E-state index contributed by atoms with van der Waals surface area (Å²) in [5.74, 6) is 0.969. The second-order valence-corrected chi connectivity index (χ2v) is 3.82. The number of rotatable bonds is 2. The first kappa shape index (κ1) is 8.51. The molecule has 2 rings (SSSR count). The first-order valence-corrected chi connectivity index (χ1v) is 5.45. The van der Waals surface area contributed by atoms with Gasteiger partial charge in [0.05, 0.1) is 6.26 Å². The molecule has 0 spiro atoms. The van der Waals surface area contributed by atoms with E-state index in [1.54, 1.807) is 18.0 Å². The Labute approximate surface area is 81.1 Å². The Morgan fingerprint density at radius 3 is 3.08 bits per heavy atom. The molecule has 2 aromatic rings. The largest absolute Gasteiger partial charge is 0.464 e. The lowest BCUT2D eigenvalue weighted by atomic mass is 10.2. The van der Waals surface area contributed by atoms with Gasteiger partial charge in [0, 0.05) is 22.4 Å². The van der Waals surface area contributed by atoms with Crippen molar-refractivity contribution in [3.05, 3.63) is 30.0 Å². The van der Waals surface area contributed by atoms with Crippen molar-refractivity contribution in [2.75, 3.05) is 12.0 Å². The highest BCUT2D eigenvalue weighted by Gasteiger charge is 2.04. The molecule has 0 radical (unpaired) electrons. The first-order valence-electron chi connectivity index (χ1n) is 4.06. The molecule has 0 aliphatic rings. The molecule has 0 aliphatic carbocycles. The molecule has 1 aromatic heterocycles. The molecule has 68 valence electrons. The molecule has 0 unspecified atom stereocenters. The van der Waals surface area contributed by atoms with Crippen LogP contribution in [0.5, 0.6) is 0 Å². The SMILES string of the molecule is CSCc1coc2ccc(N)cc12. The average molecular weight is 193 g/mol. The maximum atomic E-state index is 5.70. The molecule has 1 aromatic carbocycles. The van der Waals surface area contributed by atoms with Gasteiger partial charge in [-0.2, -0.15) is 11.8 Å². The molecule has 3 heteroatoms. The lowest BCUT2D eigenvalue weighted by Gasteiger charge is -1.95. The Hall–Kier alpha value is -1.09. The molecule has 0 aliphatic heterocycles. The van der Waals surface area contributed by atoms with Crippen LogP contribution in [0, 0.1) is 0 Å². The standard InChI is InChI=1S/C10H11NOS/c1-13-6-7-5-12-10-3-2-8(11)4-9(7)10/h2-5H,6,11H2,1H3. The summed E-state index contributed by atoms with van der Waals surface area (Å²) in [6, 6.07) is 5.73. The van der Waals surface area contributed by atoms with Crippen LogP contribution >= 0.6 is 11.8 Å². The molecule has 2 N–H and O–H groups in total. The molecule has 0 amide bonds. The van der Waals surface area contributed by atoms with Crippen molar-refractivity contribution in [2.24, 2.45) is 0 Å². The van der Waals surface area contributed by atoms with E-state index in [0.29, 0.717) is 0 Å². The predicted molar refractivity (Wildman–Crippen MR) is 57.8 cm³/mol. The summed E-state index contributed by atoms with van der Waals surface area (Å²) < 4.78 is 5.39. The van der Waals surface area contributed by atoms with Crippen molar-refractivity contribution in [3.8, 4) is 0 Å². The van der Waals surface area contributed by atoms with Gasteiger partial charge >= 0.3 is 0 Å². The van der Waals surface area contributed by atoms with Crippen molar-refractivity contribution in [1.82, 2.24) is 0 Å². The maximum absolute atomic E-state index is 5.70. The minimum atomic E-state index is 0.788. The van der Waals surface area contributed by atoms with Crippen molar-refractivity contribution < 1.29 is 4.42 Å². The maximum Gasteiger partial charge on any atom is 0.134 e. The smallest absolute Gasteiger partial charge is 0.134 e. The second kappa shape index (κ2) is 3.34. The Bertz CT molecular complexity index is 422. The summed E-state index contributed by atoms with van der Waals surface area (Å²) in [5.41, 5.74) is 8.62. The lowest BCUT2D eigenvalue weighted by Crippen LogP contribution is -1.83. The third-order valence-electron chi connectivity index (χ3n) is 1.98. The molecule has 0 bridgehead atoms. The molecule has 0 atom stereocenters. The summed E-state index contributed by atoms with van der Waals surface area (Å²) in [4.78, 5) is 0. The highest BCUT2D eigenvalue weighted by molar-refractivity contribution is 7.97. The highest BCUT2D eigenvalue weighted by Crippen LogP contribution is 2.25. The van der Waals surface area contributed by atoms with E-state index in [-0.39, 0.29) is 0 Å². The Morgan fingerprint density at radius 2 is 2.31 bits per heavy atom. The average Bonchev–Trinajstić information content (AvgIpc) is 2.49. The van der Waals surface area contributed by atoms with E-state index in [9.17, 15) is 0 Å². The summed E-state index contributed by atoms with van der Waals surface area (Å²) in [6.07, 6.45) is 3.88. The molecular weight excluding hydrogens is 182 g/mol. The van der Waals surface area contributed by atoms with E-state index in [2.05, 4.69) is 6.26 Å². The van der Waals surface area contributed by atoms with Crippen molar-refractivity contribution in [2.45, 2.75) is 5.75 Å². The van der Waals surface area contributed by atoms with E-state index in [1.807, 2.05) is 18.2 Å². The third kappa shape index (κ3) is 1.52. The van der Waals surface area contributed by atoms with Gasteiger partial charge in [0.2, 0.25) is 0 Å². The number of hydrogen-bond acceptors (Lipinski definition) is 3. The number of hydrogen-bond donors (Lipinski definition) is 1. The number of anilines is 1. The monoisotopic (exact) mass is 193 g/mol. The highest BCUT2D eigenvalue weighted by atomic mass is 32.2. The van der Waals surface area contributed by atoms with Gasteiger partial charge in [-0.05, 0) is 24.5 Å². The summed E-state index contributed by atoms with van der Waals surface area (Å²) in [5, 5.41) is 1.13. The van der Waals surface area contributed by atoms with E-state index in [0.717, 1.165) is 22.4 Å². The van der Waals surface area contributed by atoms with E-state index in [1.165, 1.54) is 5.56 Å². The van der Waals surface area contributed by atoms with Gasteiger partial charge in [0.15, 0.2) is 0 Å². The summed E-state index contributed by atoms with van der Waals surface area (Å²) in [6.45, 7) is 0. The van der Waals surface area contributed by atoms with Crippen LogP contribution in [0.15, 0.2) is 28.9 Å². The Morgan fingerprint density at radius 1 is 1.46 bits per heavy atom. The molecule has 0 saturated carbocycles. The van der Waals surface area contributed by atoms with Crippen LogP contribution in [0.4, 0.5) is 5.69 Å². The summed E-state index contributed by atoms with van der Waals surface area (Å²) in [7, 11) is 0. The van der Waals surface area contributed by atoms with E-state index >= 15 is 0 Å². The van der Waals surface area contributed by atoms with Gasteiger partial charge in [-0.15, -0.1) is 0 Å². The number of thioether (sulfide) groups is 1. The molecule has 0 saturated heterocycles. The van der Waals surface area contributed by atoms with Crippen LogP contribution in [0.25, 0.3) is 11.0 Å². The fourth-order valence-electron chi connectivity index (χ4n) is 1.37. The van der Waals surface area contributed by atoms with Crippen molar-refractivity contribution in [1.29, 1.82) is 0 Å². The zero-order valence-corrected chi connectivity index (χ0v) is 8.23. The fourth-order valence-corrected chi connectivity index (χ4v) is 1.90. The zero-order valence-electron chi connectivity index (χ0n) is 7.41. The molecule has 1 heterocycles. The van der Waals surface area contributed by atoms with Crippen LogP contribution < -0.4 is 5.73 Å². The minimum absolute atomic E-state index is 0.788. The quantitative estimate of drug-likeness (QED) is 0.745. The Kier molecular flexibility index (Phi) is 2.19. The topological polar surface area (TPSA) is 39.2 Å². The van der Waals surface area contributed by atoms with E-state index < -0.39 is 0 Å². The first-order chi connectivity index (χ1) is 6.31. The normalized spacial score (nSPS) is 10.8. The fraction of sp³-hybridized carbons (Fsp3) is 0.200.